The van der Waals surface area contributed by atoms with Crippen molar-refractivity contribution in [3.8, 4) is 0 Å². The quantitative estimate of drug-likeness (QED) is 0.776. The van der Waals surface area contributed by atoms with Crippen LogP contribution in [0.5, 0.6) is 0 Å². The molecule has 0 aromatic heterocycles. The number of hydrogen-bond acceptors (Lipinski definition) is 2. The molecule has 2 N–H and O–H groups in total. The van der Waals surface area contributed by atoms with E-state index in [4.69, 9.17) is 0 Å². The van der Waals surface area contributed by atoms with E-state index in [0.717, 1.165) is 31.3 Å². The number of urea groups is 1. The van der Waals surface area contributed by atoms with E-state index in [0.29, 0.717) is 17.4 Å². The number of carbonyl (C=O) groups is 1. The Hall–Kier alpha value is -0.770. The van der Waals surface area contributed by atoms with E-state index in [-0.39, 0.29) is 6.03 Å². The Labute approximate surface area is 148 Å². The molecule has 1 unspecified atom stereocenters. The zero-order valence-corrected chi connectivity index (χ0v) is 15.9. The van der Waals surface area contributed by atoms with Crippen molar-refractivity contribution in [2.75, 3.05) is 19.6 Å². The third-order valence-corrected chi connectivity index (χ3v) is 7.01. The van der Waals surface area contributed by atoms with Gasteiger partial charge in [0.25, 0.3) is 0 Å². The van der Waals surface area contributed by atoms with Gasteiger partial charge in [-0.15, -0.1) is 0 Å². The summed E-state index contributed by atoms with van der Waals surface area (Å²) in [6.07, 6.45) is 10.1. The molecule has 0 spiro atoms. The molecule has 1 saturated heterocycles. The summed E-state index contributed by atoms with van der Waals surface area (Å²) in [5.41, 5.74) is 0.448. The molecule has 138 valence electrons. The second-order valence-corrected chi connectivity index (χ2v) is 9.13. The molecule has 3 rings (SSSR count). The average molecular weight is 336 g/mol. The first kappa shape index (κ1) is 18.0. The van der Waals surface area contributed by atoms with Crippen LogP contribution in [0.2, 0.25) is 0 Å². The minimum atomic E-state index is 0.0538. The van der Waals surface area contributed by atoms with Crippen molar-refractivity contribution in [2.45, 2.75) is 84.2 Å². The number of nitrogens with zero attached hydrogens (tertiary/aromatic N) is 1. The third kappa shape index (κ3) is 4.65. The number of likely N-dealkylation sites (tertiary alicyclic amines) is 1. The molecule has 1 atom stereocenters. The van der Waals surface area contributed by atoms with Crippen LogP contribution in [-0.4, -0.2) is 42.6 Å². The van der Waals surface area contributed by atoms with Crippen molar-refractivity contribution >= 4 is 6.03 Å². The monoisotopic (exact) mass is 335 g/mol. The zero-order chi connectivity index (χ0) is 17.2. The molecule has 0 bridgehead atoms. The van der Waals surface area contributed by atoms with E-state index >= 15 is 0 Å². The third-order valence-electron chi connectivity index (χ3n) is 7.01. The van der Waals surface area contributed by atoms with Gasteiger partial charge >= 0.3 is 6.03 Å². The van der Waals surface area contributed by atoms with Gasteiger partial charge in [-0.1, -0.05) is 27.2 Å². The fourth-order valence-corrected chi connectivity index (χ4v) is 4.58. The van der Waals surface area contributed by atoms with Crippen LogP contribution in [-0.2, 0) is 0 Å². The van der Waals surface area contributed by atoms with Gasteiger partial charge in [0, 0.05) is 25.2 Å². The van der Waals surface area contributed by atoms with Gasteiger partial charge in [0.15, 0.2) is 0 Å². The lowest BCUT2D eigenvalue weighted by atomic mass is 9.69. The fourth-order valence-electron chi connectivity index (χ4n) is 4.58. The van der Waals surface area contributed by atoms with Gasteiger partial charge in [0.2, 0.25) is 0 Å². The van der Waals surface area contributed by atoms with Gasteiger partial charge in [-0.05, 0) is 68.7 Å². The van der Waals surface area contributed by atoms with Gasteiger partial charge in [-0.3, -0.25) is 0 Å². The Kier molecular flexibility index (Phi) is 5.74. The van der Waals surface area contributed by atoms with E-state index in [1.165, 1.54) is 51.6 Å². The smallest absolute Gasteiger partial charge is 0.315 e. The largest absolute Gasteiger partial charge is 0.338 e. The Bertz CT molecular complexity index is 425. The van der Waals surface area contributed by atoms with Gasteiger partial charge in [0.05, 0.1) is 0 Å². The highest BCUT2D eigenvalue weighted by atomic mass is 16.2. The fraction of sp³-hybridized carbons (Fsp3) is 0.950. The van der Waals surface area contributed by atoms with Crippen LogP contribution >= 0.6 is 0 Å². The molecule has 3 fully saturated rings. The first-order valence-corrected chi connectivity index (χ1v) is 10.3. The van der Waals surface area contributed by atoms with E-state index in [1.54, 1.807) is 0 Å². The van der Waals surface area contributed by atoms with Crippen molar-refractivity contribution in [1.29, 1.82) is 0 Å². The molecular weight excluding hydrogens is 298 g/mol. The summed E-state index contributed by atoms with van der Waals surface area (Å²) in [6.45, 7) is 10.3. The van der Waals surface area contributed by atoms with Crippen molar-refractivity contribution in [1.82, 2.24) is 15.5 Å². The van der Waals surface area contributed by atoms with Gasteiger partial charge in [-0.25, -0.2) is 4.79 Å². The maximum absolute atomic E-state index is 12.2. The second-order valence-electron chi connectivity index (χ2n) is 9.13. The Balaban J connectivity index is 1.31. The zero-order valence-electron chi connectivity index (χ0n) is 15.9. The molecule has 0 radical (unpaired) electrons. The van der Waals surface area contributed by atoms with Crippen LogP contribution in [0.1, 0.15) is 72.1 Å². The summed E-state index contributed by atoms with van der Waals surface area (Å²) < 4.78 is 0. The molecule has 4 heteroatoms. The first-order valence-electron chi connectivity index (χ1n) is 10.3. The summed E-state index contributed by atoms with van der Waals surface area (Å²) in [5, 5.41) is 6.34. The lowest BCUT2D eigenvalue weighted by molar-refractivity contribution is 0.138. The van der Waals surface area contributed by atoms with Crippen molar-refractivity contribution < 1.29 is 4.79 Å². The van der Waals surface area contributed by atoms with Crippen LogP contribution in [0.15, 0.2) is 0 Å². The maximum atomic E-state index is 12.2. The van der Waals surface area contributed by atoms with Crippen molar-refractivity contribution in [2.24, 2.45) is 17.3 Å². The number of carbonyl (C=O) groups excluding carboxylic acids is 1. The lowest BCUT2D eigenvalue weighted by Crippen LogP contribution is -2.46. The van der Waals surface area contributed by atoms with E-state index in [9.17, 15) is 4.79 Å². The molecule has 0 aromatic carbocycles. The normalized spacial score (nSPS) is 31.9. The molecule has 2 aliphatic carbocycles. The lowest BCUT2D eigenvalue weighted by Gasteiger charge is -2.39. The van der Waals surface area contributed by atoms with Gasteiger partial charge in [-0.2, -0.15) is 0 Å². The van der Waals surface area contributed by atoms with E-state index in [2.05, 4.69) is 36.3 Å². The summed E-state index contributed by atoms with van der Waals surface area (Å²) in [5.74, 6) is 1.47. The predicted molar refractivity (Wildman–Crippen MR) is 99.1 cm³/mol. The van der Waals surface area contributed by atoms with Crippen LogP contribution in [0, 0.1) is 17.3 Å². The highest BCUT2D eigenvalue weighted by molar-refractivity contribution is 5.74. The SMILES string of the molecule is CCC(C)(C)C1CCC(NC(=O)NCC2CCN(C3CC3)C2)CC1. The van der Waals surface area contributed by atoms with Gasteiger partial charge < -0.3 is 15.5 Å². The van der Waals surface area contributed by atoms with Crippen LogP contribution < -0.4 is 10.6 Å². The molecule has 0 aromatic rings. The number of nitrogens with one attached hydrogen (secondary N) is 2. The molecular formula is C20H37N3O. The predicted octanol–water partition coefficient (Wildman–Crippen LogP) is 3.76. The molecule has 4 nitrogen and oxygen atoms in total. The minimum absolute atomic E-state index is 0.0538. The Morgan fingerprint density at radius 3 is 2.42 bits per heavy atom. The summed E-state index contributed by atoms with van der Waals surface area (Å²) in [4.78, 5) is 14.8. The highest BCUT2D eigenvalue weighted by Crippen LogP contribution is 2.40. The van der Waals surface area contributed by atoms with Crippen molar-refractivity contribution in [3.63, 3.8) is 0 Å². The molecule has 2 saturated carbocycles. The van der Waals surface area contributed by atoms with E-state index in [1.807, 2.05) is 0 Å². The number of amides is 2. The molecule has 1 aliphatic heterocycles. The van der Waals surface area contributed by atoms with Crippen molar-refractivity contribution in [3.05, 3.63) is 0 Å². The first-order chi connectivity index (χ1) is 11.5. The number of hydrogen-bond donors (Lipinski definition) is 2. The summed E-state index contributed by atoms with van der Waals surface area (Å²) in [6, 6.07) is 1.30. The van der Waals surface area contributed by atoms with Gasteiger partial charge in [0.1, 0.15) is 0 Å². The highest BCUT2D eigenvalue weighted by Gasteiger charge is 2.35. The van der Waals surface area contributed by atoms with Crippen LogP contribution in [0.4, 0.5) is 4.79 Å². The maximum Gasteiger partial charge on any atom is 0.315 e. The Morgan fingerprint density at radius 1 is 1.08 bits per heavy atom. The Morgan fingerprint density at radius 2 is 1.79 bits per heavy atom. The molecule has 3 aliphatic rings. The molecule has 24 heavy (non-hydrogen) atoms. The second kappa shape index (κ2) is 7.63. The topological polar surface area (TPSA) is 44.4 Å². The molecule has 2 amide bonds. The summed E-state index contributed by atoms with van der Waals surface area (Å²) >= 11 is 0. The van der Waals surface area contributed by atoms with Crippen LogP contribution in [0.3, 0.4) is 0 Å². The summed E-state index contributed by atoms with van der Waals surface area (Å²) in [7, 11) is 0. The standard InChI is InChI=1S/C20H37N3O/c1-4-20(2,3)16-5-7-17(8-6-16)22-19(24)21-13-15-11-12-23(14-15)18-9-10-18/h15-18H,4-14H2,1-3H3,(H2,21,22,24). The molecule has 1 heterocycles. The van der Waals surface area contributed by atoms with Crippen LogP contribution in [0.25, 0.3) is 0 Å². The number of rotatable bonds is 6. The van der Waals surface area contributed by atoms with E-state index < -0.39 is 0 Å². The minimum Gasteiger partial charge on any atom is -0.338 e. The average Bonchev–Trinajstić information content (AvgIpc) is 3.32.